The molecule has 0 amide bonds. The maximum absolute atomic E-state index is 9.34. The Balaban J connectivity index is 1.69. The summed E-state index contributed by atoms with van der Waals surface area (Å²) >= 11 is 0. The SMILES string of the molecule is CC(C)c1cc(C#N)cc(-c2ccc(CN3CCC(C(C)C)CC3)cc2)c1. The predicted molar refractivity (Wildman–Crippen MR) is 114 cm³/mol. The summed E-state index contributed by atoms with van der Waals surface area (Å²) in [6.45, 7) is 12.5. The number of likely N-dealkylation sites (tertiary alicyclic amines) is 1. The molecular weight excluding hydrogens is 328 g/mol. The van der Waals surface area contributed by atoms with Crippen molar-refractivity contribution >= 4 is 0 Å². The van der Waals surface area contributed by atoms with Gasteiger partial charge in [-0.05, 0) is 78.1 Å². The van der Waals surface area contributed by atoms with Crippen molar-refractivity contribution in [2.75, 3.05) is 13.1 Å². The van der Waals surface area contributed by atoms with Gasteiger partial charge in [-0.25, -0.2) is 0 Å². The Hall–Kier alpha value is -2.11. The van der Waals surface area contributed by atoms with Gasteiger partial charge in [0.1, 0.15) is 0 Å². The van der Waals surface area contributed by atoms with Gasteiger partial charge in [-0.1, -0.05) is 58.0 Å². The van der Waals surface area contributed by atoms with E-state index in [2.05, 4.69) is 69.0 Å². The zero-order valence-corrected chi connectivity index (χ0v) is 17.2. The zero-order chi connectivity index (χ0) is 19.4. The first-order valence-electron chi connectivity index (χ1n) is 10.3. The quantitative estimate of drug-likeness (QED) is 0.633. The Morgan fingerprint density at radius 3 is 2.19 bits per heavy atom. The maximum atomic E-state index is 9.34. The van der Waals surface area contributed by atoms with E-state index < -0.39 is 0 Å². The van der Waals surface area contributed by atoms with E-state index in [-0.39, 0.29) is 0 Å². The summed E-state index contributed by atoms with van der Waals surface area (Å²) in [7, 11) is 0. The molecule has 2 aromatic carbocycles. The molecule has 1 aliphatic heterocycles. The molecule has 142 valence electrons. The van der Waals surface area contributed by atoms with Gasteiger partial charge in [0.15, 0.2) is 0 Å². The minimum Gasteiger partial charge on any atom is -0.299 e. The third kappa shape index (κ3) is 4.99. The summed E-state index contributed by atoms with van der Waals surface area (Å²) in [5, 5.41) is 9.34. The first kappa shape index (κ1) is 19.6. The average molecular weight is 361 g/mol. The smallest absolute Gasteiger partial charge is 0.0991 e. The van der Waals surface area contributed by atoms with Crippen molar-refractivity contribution in [1.29, 1.82) is 5.26 Å². The van der Waals surface area contributed by atoms with E-state index in [0.29, 0.717) is 5.92 Å². The number of benzene rings is 2. The lowest BCUT2D eigenvalue weighted by molar-refractivity contribution is 0.152. The molecule has 0 spiro atoms. The highest BCUT2D eigenvalue weighted by Gasteiger charge is 2.21. The van der Waals surface area contributed by atoms with E-state index in [0.717, 1.165) is 29.5 Å². The first-order valence-corrected chi connectivity index (χ1v) is 10.3. The van der Waals surface area contributed by atoms with Gasteiger partial charge in [-0.15, -0.1) is 0 Å². The molecule has 0 unspecified atom stereocenters. The molecule has 1 heterocycles. The fourth-order valence-electron chi connectivity index (χ4n) is 4.05. The van der Waals surface area contributed by atoms with Crippen molar-refractivity contribution in [3.05, 3.63) is 59.2 Å². The minimum absolute atomic E-state index is 0.421. The second-order valence-electron chi connectivity index (χ2n) is 8.66. The average Bonchev–Trinajstić information content (AvgIpc) is 2.68. The van der Waals surface area contributed by atoms with Crippen LogP contribution >= 0.6 is 0 Å². The molecule has 27 heavy (non-hydrogen) atoms. The molecular formula is C25H32N2. The summed E-state index contributed by atoms with van der Waals surface area (Å²) in [5.74, 6) is 2.13. The van der Waals surface area contributed by atoms with Gasteiger partial charge in [0.25, 0.3) is 0 Å². The molecule has 2 heteroatoms. The lowest BCUT2D eigenvalue weighted by atomic mass is 9.86. The standard InChI is InChI=1S/C25H32N2/c1-18(2)22-9-11-27(12-10-22)17-20-5-7-23(8-6-20)25-14-21(16-26)13-24(15-25)19(3)4/h5-8,13-15,18-19,22H,9-12,17H2,1-4H3. The van der Waals surface area contributed by atoms with E-state index in [1.54, 1.807) is 0 Å². The third-order valence-corrected chi connectivity index (χ3v) is 6.02. The van der Waals surface area contributed by atoms with E-state index >= 15 is 0 Å². The van der Waals surface area contributed by atoms with Crippen molar-refractivity contribution in [3.63, 3.8) is 0 Å². The van der Waals surface area contributed by atoms with Crippen molar-refractivity contribution in [2.45, 2.75) is 53.0 Å². The number of piperidine rings is 1. The molecule has 3 rings (SSSR count). The number of nitrogens with zero attached hydrogens (tertiary/aromatic N) is 2. The topological polar surface area (TPSA) is 27.0 Å². The Morgan fingerprint density at radius 2 is 1.63 bits per heavy atom. The molecule has 0 aromatic heterocycles. The fourth-order valence-corrected chi connectivity index (χ4v) is 4.05. The number of nitriles is 1. The van der Waals surface area contributed by atoms with Crippen molar-refractivity contribution in [1.82, 2.24) is 4.90 Å². The molecule has 0 bridgehead atoms. The van der Waals surface area contributed by atoms with Crippen LogP contribution in [0.5, 0.6) is 0 Å². The normalized spacial score (nSPS) is 16.0. The van der Waals surface area contributed by atoms with E-state index in [1.165, 1.54) is 42.6 Å². The van der Waals surface area contributed by atoms with Crippen LogP contribution in [0.4, 0.5) is 0 Å². The van der Waals surface area contributed by atoms with Crippen LogP contribution in [0.1, 0.15) is 63.1 Å². The summed E-state index contributed by atoms with van der Waals surface area (Å²) in [5.41, 5.74) is 5.68. The van der Waals surface area contributed by atoms with Crippen LogP contribution in [0.15, 0.2) is 42.5 Å². The minimum atomic E-state index is 0.421. The van der Waals surface area contributed by atoms with Gasteiger partial charge < -0.3 is 0 Å². The maximum Gasteiger partial charge on any atom is 0.0991 e. The highest BCUT2D eigenvalue weighted by Crippen LogP contribution is 2.28. The Kier molecular flexibility index (Phi) is 6.34. The van der Waals surface area contributed by atoms with Crippen molar-refractivity contribution in [3.8, 4) is 17.2 Å². The lowest BCUT2D eigenvalue weighted by Crippen LogP contribution is -2.34. The molecule has 1 saturated heterocycles. The Morgan fingerprint density at radius 1 is 0.963 bits per heavy atom. The number of rotatable bonds is 5. The fraction of sp³-hybridized carbons (Fsp3) is 0.480. The number of hydrogen-bond donors (Lipinski definition) is 0. The van der Waals surface area contributed by atoms with E-state index in [9.17, 15) is 5.26 Å². The summed E-state index contributed by atoms with van der Waals surface area (Å²) in [6, 6.07) is 17.4. The number of hydrogen-bond acceptors (Lipinski definition) is 2. The van der Waals surface area contributed by atoms with Crippen LogP contribution in [0, 0.1) is 23.2 Å². The van der Waals surface area contributed by atoms with Crippen LogP contribution < -0.4 is 0 Å². The molecule has 2 aromatic rings. The van der Waals surface area contributed by atoms with Gasteiger partial charge in [-0.2, -0.15) is 5.26 Å². The molecule has 0 N–H and O–H groups in total. The van der Waals surface area contributed by atoms with Crippen LogP contribution in [-0.2, 0) is 6.54 Å². The highest BCUT2D eigenvalue weighted by atomic mass is 15.1. The monoisotopic (exact) mass is 360 g/mol. The van der Waals surface area contributed by atoms with Crippen LogP contribution in [0.3, 0.4) is 0 Å². The van der Waals surface area contributed by atoms with Gasteiger partial charge in [0, 0.05) is 6.54 Å². The second-order valence-corrected chi connectivity index (χ2v) is 8.66. The molecule has 0 atom stereocenters. The molecule has 0 aliphatic carbocycles. The van der Waals surface area contributed by atoms with Crippen LogP contribution in [0.25, 0.3) is 11.1 Å². The molecule has 0 radical (unpaired) electrons. The molecule has 0 saturated carbocycles. The molecule has 1 aliphatic rings. The van der Waals surface area contributed by atoms with E-state index in [4.69, 9.17) is 0 Å². The van der Waals surface area contributed by atoms with Crippen molar-refractivity contribution < 1.29 is 0 Å². The lowest BCUT2D eigenvalue weighted by Gasteiger charge is -2.33. The Bertz CT molecular complexity index is 788. The van der Waals surface area contributed by atoms with Gasteiger partial charge >= 0.3 is 0 Å². The van der Waals surface area contributed by atoms with Crippen LogP contribution in [-0.4, -0.2) is 18.0 Å². The van der Waals surface area contributed by atoms with Crippen LogP contribution in [0.2, 0.25) is 0 Å². The highest BCUT2D eigenvalue weighted by molar-refractivity contribution is 5.66. The van der Waals surface area contributed by atoms with Gasteiger partial charge in [0.05, 0.1) is 11.6 Å². The largest absolute Gasteiger partial charge is 0.299 e. The van der Waals surface area contributed by atoms with E-state index in [1.807, 2.05) is 12.1 Å². The molecule has 1 fully saturated rings. The van der Waals surface area contributed by atoms with Crippen molar-refractivity contribution in [2.24, 2.45) is 11.8 Å². The zero-order valence-electron chi connectivity index (χ0n) is 17.2. The van der Waals surface area contributed by atoms with Gasteiger partial charge in [-0.3, -0.25) is 4.90 Å². The molecule has 2 nitrogen and oxygen atoms in total. The summed E-state index contributed by atoms with van der Waals surface area (Å²) < 4.78 is 0. The summed E-state index contributed by atoms with van der Waals surface area (Å²) in [6.07, 6.45) is 2.66. The first-order chi connectivity index (χ1) is 13.0. The predicted octanol–water partition coefficient (Wildman–Crippen LogP) is 6.22. The Labute approximate surface area is 164 Å². The summed E-state index contributed by atoms with van der Waals surface area (Å²) in [4.78, 5) is 2.58. The third-order valence-electron chi connectivity index (χ3n) is 6.02. The second kappa shape index (κ2) is 8.72. The van der Waals surface area contributed by atoms with Gasteiger partial charge in [0.2, 0.25) is 0 Å².